The average Bonchev–Trinajstić information content (AvgIpc) is 2.55. The highest BCUT2D eigenvalue weighted by Crippen LogP contribution is 2.20. The standard InChI is InChI=1S/C17H21ClN2O3/c1-22-8-9-23-12-14-4-2-13(3-5-14)10-17(21)20-16-7-6-15(18)11-19-16/h2,4-7,11,13H,3,8-10,12H2,1H3,(H,19,20,21). The van der Waals surface area contributed by atoms with Gasteiger partial charge in [-0.25, -0.2) is 4.98 Å². The van der Waals surface area contributed by atoms with Crippen molar-refractivity contribution in [3.8, 4) is 0 Å². The molecular formula is C17H21ClN2O3. The third-order valence-corrected chi connectivity index (χ3v) is 3.63. The first-order chi connectivity index (χ1) is 11.2. The summed E-state index contributed by atoms with van der Waals surface area (Å²) in [4.78, 5) is 16.1. The fraction of sp³-hybridized carbons (Fsp3) is 0.412. The summed E-state index contributed by atoms with van der Waals surface area (Å²) in [5.41, 5.74) is 1.14. The molecule has 0 radical (unpaired) electrons. The molecule has 1 aromatic rings. The van der Waals surface area contributed by atoms with Gasteiger partial charge in [-0.05, 0) is 30.0 Å². The van der Waals surface area contributed by atoms with Crippen LogP contribution in [0.15, 0.2) is 42.1 Å². The predicted molar refractivity (Wildman–Crippen MR) is 90.5 cm³/mol. The number of pyridine rings is 1. The Kier molecular flexibility index (Phi) is 7.26. The van der Waals surface area contributed by atoms with E-state index in [1.807, 2.05) is 6.08 Å². The smallest absolute Gasteiger partial charge is 0.226 e. The van der Waals surface area contributed by atoms with Crippen molar-refractivity contribution in [3.63, 3.8) is 0 Å². The molecule has 1 amide bonds. The van der Waals surface area contributed by atoms with Crippen LogP contribution >= 0.6 is 11.6 Å². The lowest BCUT2D eigenvalue weighted by Gasteiger charge is -2.16. The number of amides is 1. The first kappa shape index (κ1) is 17.7. The lowest BCUT2D eigenvalue weighted by Crippen LogP contribution is -2.17. The first-order valence-electron chi connectivity index (χ1n) is 7.52. The van der Waals surface area contributed by atoms with Gasteiger partial charge in [0.2, 0.25) is 5.91 Å². The number of rotatable bonds is 8. The highest BCUT2D eigenvalue weighted by Gasteiger charge is 2.14. The second kappa shape index (κ2) is 9.45. The normalized spacial score (nSPS) is 17.0. The zero-order valence-corrected chi connectivity index (χ0v) is 13.9. The highest BCUT2D eigenvalue weighted by molar-refractivity contribution is 6.30. The quantitative estimate of drug-likeness (QED) is 0.740. The molecule has 1 aliphatic carbocycles. The van der Waals surface area contributed by atoms with Crippen LogP contribution in [0.5, 0.6) is 0 Å². The number of methoxy groups -OCH3 is 1. The number of nitrogens with one attached hydrogen (secondary N) is 1. The summed E-state index contributed by atoms with van der Waals surface area (Å²) in [6.07, 6.45) is 8.97. The Labute approximate surface area is 141 Å². The summed E-state index contributed by atoms with van der Waals surface area (Å²) >= 11 is 5.76. The molecule has 0 aliphatic heterocycles. The van der Waals surface area contributed by atoms with E-state index in [2.05, 4.69) is 22.5 Å². The molecule has 1 N–H and O–H groups in total. The molecule has 1 heterocycles. The van der Waals surface area contributed by atoms with Crippen LogP contribution in [0.4, 0.5) is 5.82 Å². The van der Waals surface area contributed by atoms with Crippen LogP contribution in [-0.2, 0) is 14.3 Å². The lowest BCUT2D eigenvalue weighted by molar-refractivity contribution is -0.116. The molecule has 0 spiro atoms. The van der Waals surface area contributed by atoms with Crippen molar-refractivity contribution in [2.75, 3.05) is 32.2 Å². The van der Waals surface area contributed by atoms with Crippen LogP contribution in [0.1, 0.15) is 12.8 Å². The molecule has 6 heteroatoms. The number of halogens is 1. The van der Waals surface area contributed by atoms with Gasteiger partial charge in [-0.1, -0.05) is 29.8 Å². The lowest BCUT2D eigenvalue weighted by atomic mass is 9.94. The number of carbonyl (C=O) groups is 1. The van der Waals surface area contributed by atoms with Gasteiger partial charge in [0.05, 0.1) is 24.8 Å². The average molecular weight is 337 g/mol. The van der Waals surface area contributed by atoms with Crippen molar-refractivity contribution in [3.05, 3.63) is 47.2 Å². The molecule has 1 aliphatic rings. The Morgan fingerprint density at radius 2 is 2.30 bits per heavy atom. The van der Waals surface area contributed by atoms with Gasteiger partial charge in [-0.15, -0.1) is 0 Å². The van der Waals surface area contributed by atoms with Crippen molar-refractivity contribution < 1.29 is 14.3 Å². The number of ether oxygens (including phenoxy) is 2. The maximum Gasteiger partial charge on any atom is 0.226 e. The molecule has 1 unspecified atom stereocenters. The summed E-state index contributed by atoms with van der Waals surface area (Å²) in [6, 6.07) is 3.38. The zero-order valence-electron chi connectivity index (χ0n) is 13.1. The fourth-order valence-electron chi connectivity index (χ4n) is 2.18. The minimum Gasteiger partial charge on any atom is -0.382 e. The van der Waals surface area contributed by atoms with Gasteiger partial charge in [0.15, 0.2) is 0 Å². The summed E-state index contributed by atoms with van der Waals surface area (Å²) in [6.45, 7) is 1.76. The Morgan fingerprint density at radius 1 is 1.43 bits per heavy atom. The molecule has 5 nitrogen and oxygen atoms in total. The topological polar surface area (TPSA) is 60.5 Å². The summed E-state index contributed by atoms with van der Waals surface area (Å²) in [7, 11) is 1.65. The molecule has 23 heavy (non-hydrogen) atoms. The molecular weight excluding hydrogens is 316 g/mol. The van der Waals surface area contributed by atoms with Crippen LogP contribution in [0, 0.1) is 5.92 Å². The van der Waals surface area contributed by atoms with Crippen LogP contribution in [-0.4, -0.2) is 37.8 Å². The minimum absolute atomic E-state index is 0.0531. The molecule has 0 bridgehead atoms. The van der Waals surface area contributed by atoms with Gasteiger partial charge in [0, 0.05) is 19.7 Å². The Morgan fingerprint density at radius 3 is 2.96 bits per heavy atom. The van der Waals surface area contributed by atoms with Crippen molar-refractivity contribution >= 4 is 23.3 Å². The maximum absolute atomic E-state index is 12.0. The largest absolute Gasteiger partial charge is 0.382 e. The molecule has 0 saturated carbocycles. The van der Waals surface area contributed by atoms with E-state index in [0.29, 0.717) is 37.1 Å². The van der Waals surface area contributed by atoms with Crippen molar-refractivity contribution in [2.45, 2.75) is 12.8 Å². The van der Waals surface area contributed by atoms with Gasteiger partial charge >= 0.3 is 0 Å². The van der Waals surface area contributed by atoms with E-state index < -0.39 is 0 Å². The van der Waals surface area contributed by atoms with E-state index in [1.165, 1.54) is 6.20 Å². The van der Waals surface area contributed by atoms with Gasteiger partial charge in [-0.2, -0.15) is 0 Å². The van der Waals surface area contributed by atoms with Crippen LogP contribution in [0.25, 0.3) is 0 Å². The summed E-state index contributed by atoms with van der Waals surface area (Å²) in [5, 5.41) is 3.32. The number of nitrogens with zero attached hydrogens (tertiary/aromatic N) is 1. The number of hydrogen-bond acceptors (Lipinski definition) is 4. The number of allylic oxidation sites excluding steroid dienone is 2. The van der Waals surface area contributed by atoms with E-state index in [9.17, 15) is 4.79 Å². The van der Waals surface area contributed by atoms with E-state index in [4.69, 9.17) is 21.1 Å². The number of anilines is 1. The number of hydrogen-bond donors (Lipinski definition) is 1. The second-order valence-electron chi connectivity index (χ2n) is 5.29. The van der Waals surface area contributed by atoms with Gasteiger partial charge in [-0.3, -0.25) is 4.79 Å². The second-order valence-corrected chi connectivity index (χ2v) is 5.73. The molecule has 0 aromatic carbocycles. The van der Waals surface area contributed by atoms with E-state index in [0.717, 1.165) is 12.0 Å². The predicted octanol–water partition coefficient (Wildman–Crippen LogP) is 3.23. The Bertz CT molecular complexity index is 570. The summed E-state index contributed by atoms with van der Waals surface area (Å²) in [5.74, 6) is 0.662. The SMILES string of the molecule is COCCOCC1=CCC(CC(=O)Nc2ccc(Cl)cn2)C=C1. The molecule has 0 fully saturated rings. The van der Waals surface area contributed by atoms with Gasteiger partial charge in [0.25, 0.3) is 0 Å². The number of carbonyl (C=O) groups excluding carboxylic acids is 1. The molecule has 1 aromatic heterocycles. The highest BCUT2D eigenvalue weighted by atomic mass is 35.5. The molecule has 124 valence electrons. The van der Waals surface area contributed by atoms with Crippen molar-refractivity contribution in [1.82, 2.24) is 4.98 Å². The molecule has 2 rings (SSSR count). The zero-order chi connectivity index (χ0) is 16.5. The number of aromatic nitrogens is 1. The van der Waals surface area contributed by atoms with Crippen molar-refractivity contribution in [1.29, 1.82) is 0 Å². The van der Waals surface area contributed by atoms with Gasteiger partial charge < -0.3 is 14.8 Å². The van der Waals surface area contributed by atoms with Crippen LogP contribution in [0.3, 0.4) is 0 Å². The van der Waals surface area contributed by atoms with Crippen LogP contribution < -0.4 is 5.32 Å². The minimum atomic E-state index is -0.0531. The first-order valence-corrected chi connectivity index (χ1v) is 7.90. The third-order valence-electron chi connectivity index (χ3n) is 3.41. The van der Waals surface area contributed by atoms with Crippen LogP contribution in [0.2, 0.25) is 5.02 Å². The summed E-state index contributed by atoms with van der Waals surface area (Å²) < 4.78 is 10.4. The fourth-order valence-corrected chi connectivity index (χ4v) is 2.29. The molecule has 0 saturated heterocycles. The third kappa shape index (κ3) is 6.52. The monoisotopic (exact) mass is 336 g/mol. The van der Waals surface area contributed by atoms with Crippen molar-refractivity contribution in [2.24, 2.45) is 5.92 Å². The van der Waals surface area contributed by atoms with E-state index in [-0.39, 0.29) is 11.8 Å². The Balaban J connectivity index is 1.71. The Hall–Kier alpha value is -1.69. The van der Waals surface area contributed by atoms with E-state index >= 15 is 0 Å². The van der Waals surface area contributed by atoms with Gasteiger partial charge in [0.1, 0.15) is 5.82 Å². The molecule has 1 atom stereocenters. The van der Waals surface area contributed by atoms with E-state index in [1.54, 1.807) is 19.2 Å². The maximum atomic E-state index is 12.0.